The van der Waals surface area contributed by atoms with Gasteiger partial charge in [-0.15, -0.1) is 0 Å². The number of rotatable bonds is 6. The summed E-state index contributed by atoms with van der Waals surface area (Å²) in [6, 6.07) is 19.5. The minimum atomic E-state index is -1.07. The third-order valence-corrected chi connectivity index (χ3v) is 4.69. The van der Waals surface area contributed by atoms with Crippen LogP contribution >= 0.6 is 11.6 Å². The van der Waals surface area contributed by atoms with Crippen molar-refractivity contribution in [3.05, 3.63) is 94.5 Å². The second kappa shape index (κ2) is 8.69. The number of esters is 1. The predicted octanol–water partition coefficient (Wildman–Crippen LogP) is 4.45. The van der Waals surface area contributed by atoms with E-state index in [2.05, 4.69) is 0 Å². The molecule has 0 aliphatic heterocycles. The molecule has 0 radical (unpaired) electrons. The van der Waals surface area contributed by atoms with Gasteiger partial charge in [-0.05, 0) is 28.8 Å². The molecule has 0 aliphatic rings. The first-order valence-electron chi connectivity index (χ1n) is 8.56. The fraction of sp³-hybridized carbons (Fsp3) is 0.0909. The van der Waals surface area contributed by atoms with E-state index >= 15 is 0 Å². The maximum atomic E-state index is 12.5. The molecular weight excluding hydrogens is 378 g/mol. The van der Waals surface area contributed by atoms with Crippen molar-refractivity contribution in [1.82, 2.24) is 0 Å². The van der Waals surface area contributed by atoms with Crippen molar-refractivity contribution < 1.29 is 19.4 Å². The van der Waals surface area contributed by atoms with Gasteiger partial charge in [-0.3, -0.25) is 0 Å². The molecule has 0 spiro atoms. The number of hydrogen-bond donors (Lipinski definition) is 2. The van der Waals surface area contributed by atoms with Crippen LogP contribution in [-0.4, -0.2) is 17.0 Å². The van der Waals surface area contributed by atoms with Gasteiger partial charge in [-0.25, -0.2) is 9.59 Å². The molecule has 1 atom stereocenters. The summed E-state index contributed by atoms with van der Waals surface area (Å²) in [6.07, 6.45) is 0. The number of carbonyl (C=O) groups is 2. The van der Waals surface area contributed by atoms with Crippen LogP contribution in [0.1, 0.15) is 27.5 Å². The third kappa shape index (κ3) is 4.22. The highest BCUT2D eigenvalue weighted by molar-refractivity contribution is 6.31. The maximum absolute atomic E-state index is 12.5. The van der Waals surface area contributed by atoms with Gasteiger partial charge in [0.1, 0.15) is 12.6 Å². The van der Waals surface area contributed by atoms with Gasteiger partial charge in [-0.2, -0.15) is 0 Å². The van der Waals surface area contributed by atoms with E-state index in [1.54, 1.807) is 66.7 Å². The maximum Gasteiger partial charge on any atom is 0.336 e. The molecule has 28 heavy (non-hydrogen) atoms. The summed E-state index contributed by atoms with van der Waals surface area (Å²) < 4.78 is 5.33. The molecule has 0 aliphatic carbocycles. The number of carboxylic acids is 1. The Morgan fingerprint density at radius 2 is 1.54 bits per heavy atom. The van der Waals surface area contributed by atoms with Crippen LogP contribution in [0.25, 0.3) is 11.1 Å². The van der Waals surface area contributed by atoms with Crippen LogP contribution in [0.5, 0.6) is 0 Å². The molecule has 0 aromatic heterocycles. The van der Waals surface area contributed by atoms with Crippen LogP contribution in [0.2, 0.25) is 5.02 Å². The smallest absolute Gasteiger partial charge is 0.336 e. The number of carboxylic acid groups (broad SMARTS) is 1. The Kier molecular flexibility index (Phi) is 6.09. The second-order valence-electron chi connectivity index (χ2n) is 6.11. The SMILES string of the molecule is NC(C(=O)OCc1ccccc1Cl)c1ccccc1-c1ccccc1C(=O)O. The summed E-state index contributed by atoms with van der Waals surface area (Å²) >= 11 is 6.08. The van der Waals surface area contributed by atoms with Gasteiger partial charge in [0.25, 0.3) is 0 Å². The van der Waals surface area contributed by atoms with E-state index in [1.165, 1.54) is 6.07 Å². The first kappa shape index (κ1) is 19.6. The lowest BCUT2D eigenvalue weighted by molar-refractivity contribution is -0.146. The molecule has 1 unspecified atom stereocenters. The molecular formula is C22H18ClNO4. The van der Waals surface area contributed by atoms with Crippen LogP contribution in [0.4, 0.5) is 0 Å². The van der Waals surface area contributed by atoms with Gasteiger partial charge < -0.3 is 15.6 Å². The van der Waals surface area contributed by atoms with E-state index in [9.17, 15) is 14.7 Å². The molecule has 0 heterocycles. The lowest BCUT2D eigenvalue weighted by Crippen LogP contribution is -2.24. The average Bonchev–Trinajstić information content (AvgIpc) is 2.72. The third-order valence-electron chi connectivity index (χ3n) is 4.33. The highest BCUT2D eigenvalue weighted by atomic mass is 35.5. The molecule has 3 aromatic rings. The fourth-order valence-electron chi connectivity index (χ4n) is 2.90. The summed E-state index contributed by atoms with van der Waals surface area (Å²) in [5.41, 5.74) is 8.50. The van der Waals surface area contributed by atoms with Gasteiger partial charge in [0.15, 0.2) is 0 Å². The van der Waals surface area contributed by atoms with E-state index in [0.29, 0.717) is 27.3 Å². The average molecular weight is 396 g/mol. The molecule has 6 heteroatoms. The highest BCUT2D eigenvalue weighted by Gasteiger charge is 2.23. The van der Waals surface area contributed by atoms with E-state index < -0.39 is 18.0 Å². The van der Waals surface area contributed by atoms with Crippen LogP contribution in [-0.2, 0) is 16.1 Å². The van der Waals surface area contributed by atoms with Gasteiger partial charge >= 0.3 is 11.9 Å². The van der Waals surface area contributed by atoms with E-state index in [1.807, 2.05) is 0 Å². The zero-order valence-corrected chi connectivity index (χ0v) is 15.6. The van der Waals surface area contributed by atoms with Gasteiger partial charge in [0.05, 0.1) is 5.56 Å². The Morgan fingerprint density at radius 1 is 0.929 bits per heavy atom. The number of ether oxygens (including phenoxy) is 1. The van der Waals surface area contributed by atoms with Crippen LogP contribution in [0, 0.1) is 0 Å². The Morgan fingerprint density at radius 3 is 2.25 bits per heavy atom. The molecule has 0 bridgehead atoms. The zero-order valence-electron chi connectivity index (χ0n) is 14.8. The Balaban J connectivity index is 1.87. The van der Waals surface area contributed by atoms with Crippen molar-refractivity contribution >= 4 is 23.5 Å². The number of benzene rings is 3. The van der Waals surface area contributed by atoms with E-state index in [-0.39, 0.29) is 12.2 Å². The van der Waals surface area contributed by atoms with Crippen molar-refractivity contribution in [1.29, 1.82) is 0 Å². The number of nitrogens with two attached hydrogens (primary N) is 1. The molecule has 0 saturated carbocycles. The first-order chi connectivity index (χ1) is 13.5. The lowest BCUT2D eigenvalue weighted by atomic mass is 9.92. The molecule has 5 nitrogen and oxygen atoms in total. The number of halogens is 1. The molecule has 3 N–H and O–H groups in total. The normalized spacial score (nSPS) is 11.6. The molecule has 142 valence electrons. The van der Waals surface area contributed by atoms with E-state index in [4.69, 9.17) is 22.1 Å². The number of carbonyl (C=O) groups excluding carboxylic acids is 1. The topological polar surface area (TPSA) is 89.6 Å². The predicted molar refractivity (Wildman–Crippen MR) is 107 cm³/mol. The molecule has 3 aromatic carbocycles. The van der Waals surface area contributed by atoms with E-state index in [0.717, 1.165) is 0 Å². The van der Waals surface area contributed by atoms with Gasteiger partial charge in [0, 0.05) is 10.6 Å². The Bertz CT molecular complexity index is 1020. The number of aromatic carboxylic acids is 1. The first-order valence-corrected chi connectivity index (χ1v) is 8.94. The van der Waals surface area contributed by atoms with Gasteiger partial charge in [-0.1, -0.05) is 72.3 Å². The highest BCUT2D eigenvalue weighted by Crippen LogP contribution is 2.31. The van der Waals surface area contributed by atoms with Crippen molar-refractivity contribution in [2.75, 3.05) is 0 Å². The Labute approximate surface area is 167 Å². The summed E-state index contributed by atoms with van der Waals surface area (Å²) in [6.45, 7) is 0.0000858. The number of hydrogen-bond acceptors (Lipinski definition) is 4. The Hall–Kier alpha value is -3.15. The monoisotopic (exact) mass is 395 g/mol. The molecule has 0 amide bonds. The minimum Gasteiger partial charge on any atom is -0.478 e. The fourth-order valence-corrected chi connectivity index (χ4v) is 3.09. The van der Waals surface area contributed by atoms with Crippen molar-refractivity contribution in [2.45, 2.75) is 12.6 Å². The van der Waals surface area contributed by atoms with Crippen molar-refractivity contribution in [2.24, 2.45) is 5.73 Å². The summed E-state index contributed by atoms with van der Waals surface area (Å²) in [5.74, 6) is -1.68. The summed E-state index contributed by atoms with van der Waals surface area (Å²) in [7, 11) is 0. The molecule has 0 saturated heterocycles. The quantitative estimate of drug-likeness (QED) is 0.602. The largest absolute Gasteiger partial charge is 0.478 e. The van der Waals surface area contributed by atoms with Crippen LogP contribution < -0.4 is 5.73 Å². The lowest BCUT2D eigenvalue weighted by Gasteiger charge is -2.17. The standard InChI is InChI=1S/C22H18ClNO4/c23-19-12-6-1-7-14(19)13-28-22(27)20(24)17-10-4-2-8-15(17)16-9-3-5-11-18(16)21(25)26/h1-12,20H,13,24H2,(H,25,26). The summed E-state index contributed by atoms with van der Waals surface area (Å²) in [4.78, 5) is 24.1. The van der Waals surface area contributed by atoms with Crippen molar-refractivity contribution in [3.63, 3.8) is 0 Å². The van der Waals surface area contributed by atoms with Gasteiger partial charge in [0.2, 0.25) is 0 Å². The molecule has 0 fully saturated rings. The molecule has 3 rings (SSSR count). The summed E-state index contributed by atoms with van der Waals surface area (Å²) in [5, 5.41) is 9.97. The second-order valence-corrected chi connectivity index (χ2v) is 6.52. The van der Waals surface area contributed by atoms with Crippen molar-refractivity contribution in [3.8, 4) is 11.1 Å². The van der Waals surface area contributed by atoms with Crippen LogP contribution in [0.15, 0.2) is 72.8 Å². The minimum absolute atomic E-state index is 0.0000858. The van der Waals surface area contributed by atoms with Crippen LogP contribution in [0.3, 0.4) is 0 Å². The zero-order chi connectivity index (χ0) is 20.1.